The zero-order chi connectivity index (χ0) is 17.6. The van der Waals surface area contributed by atoms with Gasteiger partial charge in [-0.1, -0.05) is 18.2 Å². The summed E-state index contributed by atoms with van der Waals surface area (Å²) in [7, 11) is 0. The van der Waals surface area contributed by atoms with Gasteiger partial charge >= 0.3 is 0 Å². The lowest BCUT2D eigenvalue weighted by atomic mass is 10.1. The summed E-state index contributed by atoms with van der Waals surface area (Å²) in [6, 6.07) is 10.6. The Morgan fingerprint density at radius 3 is 2.96 bits per heavy atom. The van der Waals surface area contributed by atoms with E-state index < -0.39 is 0 Å². The van der Waals surface area contributed by atoms with Crippen LogP contribution in [0, 0.1) is 6.92 Å². The van der Waals surface area contributed by atoms with Crippen LogP contribution in [-0.4, -0.2) is 43.5 Å². The molecule has 1 aliphatic heterocycles. The number of rotatable bonds is 7. The summed E-state index contributed by atoms with van der Waals surface area (Å²) in [5, 5.41) is 5.23. The second-order valence-corrected chi connectivity index (χ2v) is 7.55. The van der Waals surface area contributed by atoms with Gasteiger partial charge < -0.3 is 10.2 Å². The number of para-hydroxylation sites is 1. The largest absolute Gasteiger partial charge is 0.370 e. The Morgan fingerprint density at radius 2 is 2.16 bits per heavy atom. The lowest BCUT2D eigenvalue weighted by Crippen LogP contribution is -2.42. The zero-order valence-electron chi connectivity index (χ0n) is 15.1. The quantitative estimate of drug-likeness (QED) is 0.827. The third kappa shape index (κ3) is 4.61. The van der Waals surface area contributed by atoms with E-state index in [-0.39, 0.29) is 5.91 Å². The van der Waals surface area contributed by atoms with Gasteiger partial charge in [0.25, 0.3) is 0 Å². The van der Waals surface area contributed by atoms with Gasteiger partial charge in [0.05, 0.1) is 6.54 Å². The number of hydrogen-bond donors (Lipinski definition) is 1. The Morgan fingerprint density at radius 1 is 1.32 bits per heavy atom. The molecule has 0 saturated heterocycles. The number of nitrogens with zero attached hydrogens (tertiary/aromatic N) is 2. The number of hydrogen-bond acceptors (Lipinski definition) is 4. The van der Waals surface area contributed by atoms with Crippen molar-refractivity contribution >= 4 is 22.9 Å². The van der Waals surface area contributed by atoms with Crippen LogP contribution in [0.25, 0.3) is 0 Å². The minimum absolute atomic E-state index is 0.125. The molecule has 0 unspecified atom stereocenters. The number of amides is 1. The molecule has 2 heterocycles. The third-order valence-electron chi connectivity index (χ3n) is 4.80. The van der Waals surface area contributed by atoms with Crippen molar-refractivity contribution in [2.45, 2.75) is 26.8 Å². The van der Waals surface area contributed by atoms with Crippen LogP contribution < -0.4 is 10.2 Å². The molecule has 0 saturated carbocycles. The number of carbonyl (C=O) groups is 1. The van der Waals surface area contributed by atoms with Gasteiger partial charge in [-0.2, -0.15) is 0 Å². The van der Waals surface area contributed by atoms with Crippen molar-refractivity contribution in [2.24, 2.45) is 0 Å². The molecule has 3 rings (SSSR count). The molecule has 1 N–H and O–H groups in total. The maximum absolute atomic E-state index is 12.3. The number of fused-ring (bicyclic) bond motifs is 1. The normalized spacial score (nSPS) is 14.2. The molecule has 5 heteroatoms. The van der Waals surface area contributed by atoms with Crippen molar-refractivity contribution in [3.8, 4) is 0 Å². The molecular formula is C20H27N3OS. The smallest absolute Gasteiger partial charge is 0.234 e. The fourth-order valence-electron chi connectivity index (χ4n) is 3.40. The molecule has 1 amide bonds. The SMILES string of the molecule is CCN(CCNC(=O)CN1CCc2sccc2C1)c1ccccc1C. The summed E-state index contributed by atoms with van der Waals surface area (Å²) in [6.45, 7) is 9.10. The summed E-state index contributed by atoms with van der Waals surface area (Å²) >= 11 is 1.83. The summed E-state index contributed by atoms with van der Waals surface area (Å²) in [4.78, 5) is 18.3. The molecular weight excluding hydrogens is 330 g/mol. The predicted octanol–water partition coefficient (Wildman–Crippen LogP) is 3.06. The molecule has 1 aromatic carbocycles. The summed E-state index contributed by atoms with van der Waals surface area (Å²) in [5.74, 6) is 0.125. The highest BCUT2D eigenvalue weighted by Crippen LogP contribution is 2.23. The summed E-state index contributed by atoms with van der Waals surface area (Å²) in [6.07, 6.45) is 1.07. The number of nitrogens with one attached hydrogen (secondary N) is 1. The highest BCUT2D eigenvalue weighted by molar-refractivity contribution is 7.10. The second kappa shape index (κ2) is 8.50. The van der Waals surface area contributed by atoms with Crippen LogP contribution >= 0.6 is 11.3 Å². The Hall–Kier alpha value is -1.85. The highest BCUT2D eigenvalue weighted by atomic mass is 32.1. The highest BCUT2D eigenvalue weighted by Gasteiger charge is 2.19. The fourth-order valence-corrected chi connectivity index (χ4v) is 4.29. The minimum atomic E-state index is 0.125. The van der Waals surface area contributed by atoms with Crippen molar-refractivity contribution < 1.29 is 4.79 Å². The van der Waals surface area contributed by atoms with E-state index in [1.54, 1.807) is 0 Å². The van der Waals surface area contributed by atoms with E-state index in [0.717, 1.165) is 32.6 Å². The molecule has 0 aliphatic carbocycles. The van der Waals surface area contributed by atoms with Gasteiger partial charge in [-0.25, -0.2) is 0 Å². The third-order valence-corrected chi connectivity index (χ3v) is 5.82. The van der Waals surface area contributed by atoms with E-state index in [0.29, 0.717) is 13.1 Å². The Labute approximate surface area is 154 Å². The molecule has 1 aromatic heterocycles. The van der Waals surface area contributed by atoms with Crippen LogP contribution in [0.4, 0.5) is 5.69 Å². The molecule has 0 fully saturated rings. The summed E-state index contributed by atoms with van der Waals surface area (Å²) < 4.78 is 0. The average Bonchev–Trinajstić information content (AvgIpc) is 3.07. The lowest BCUT2D eigenvalue weighted by molar-refractivity contribution is -0.122. The number of benzene rings is 1. The molecule has 1 aliphatic rings. The first kappa shape index (κ1) is 18.0. The first-order valence-corrected chi connectivity index (χ1v) is 9.90. The Bertz CT molecular complexity index is 712. The van der Waals surface area contributed by atoms with Crippen LogP contribution in [0.2, 0.25) is 0 Å². The van der Waals surface area contributed by atoms with Crippen LogP contribution in [0.1, 0.15) is 22.9 Å². The molecule has 0 spiro atoms. The van der Waals surface area contributed by atoms with Gasteiger partial charge in [0.2, 0.25) is 5.91 Å². The van der Waals surface area contributed by atoms with Gasteiger partial charge in [0, 0.05) is 43.3 Å². The van der Waals surface area contributed by atoms with Gasteiger partial charge in [0.15, 0.2) is 0 Å². The van der Waals surface area contributed by atoms with Crippen molar-refractivity contribution in [3.05, 3.63) is 51.7 Å². The summed E-state index contributed by atoms with van der Waals surface area (Å²) in [5.41, 5.74) is 3.91. The number of anilines is 1. The van der Waals surface area contributed by atoms with Crippen LogP contribution in [0.3, 0.4) is 0 Å². The minimum Gasteiger partial charge on any atom is -0.370 e. The molecule has 4 nitrogen and oxygen atoms in total. The first-order valence-electron chi connectivity index (χ1n) is 9.02. The molecule has 0 bridgehead atoms. The monoisotopic (exact) mass is 357 g/mol. The van der Waals surface area contributed by atoms with Crippen LogP contribution in [0.15, 0.2) is 35.7 Å². The standard InChI is InChI=1S/C20H27N3OS/c1-3-23(18-7-5-4-6-16(18)2)12-10-21-20(24)15-22-11-8-19-17(14-22)9-13-25-19/h4-7,9,13H,3,8,10-12,14-15H2,1-2H3,(H,21,24). The fraction of sp³-hybridized carbons (Fsp3) is 0.450. The zero-order valence-corrected chi connectivity index (χ0v) is 15.9. The molecule has 2 aromatic rings. The van der Waals surface area contributed by atoms with Gasteiger partial charge in [-0.05, 0) is 48.9 Å². The Kier molecular flexibility index (Phi) is 6.10. The van der Waals surface area contributed by atoms with E-state index in [9.17, 15) is 4.79 Å². The van der Waals surface area contributed by atoms with E-state index in [1.807, 2.05) is 11.3 Å². The molecule has 0 radical (unpaired) electrons. The molecule has 134 valence electrons. The number of carbonyl (C=O) groups excluding carboxylic acids is 1. The molecule has 25 heavy (non-hydrogen) atoms. The van der Waals surface area contributed by atoms with E-state index >= 15 is 0 Å². The van der Waals surface area contributed by atoms with Crippen molar-refractivity contribution in [3.63, 3.8) is 0 Å². The van der Waals surface area contributed by atoms with Crippen molar-refractivity contribution in [1.29, 1.82) is 0 Å². The first-order chi connectivity index (χ1) is 12.2. The maximum atomic E-state index is 12.3. The van der Waals surface area contributed by atoms with Gasteiger partial charge in [-0.3, -0.25) is 9.69 Å². The predicted molar refractivity (Wildman–Crippen MR) is 105 cm³/mol. The van der Waals surface area contributed by atoms with Crippen molar-refractivity contribution in [2.75, 3.05) is 37.6 Å². The van der Waals surface area contributed by atoms with E-state index in [2.05, 4.69) is 64.7 Å². The topological polar surface area (TPSA) is 35.6 Å². The average molecular weight is 358 g/mol. The van der Waals surface area contributed by atoms with Crippen molar-refractivity contribution in [1.82, 2.24) is 10.2 Å². The van der Waals surface area contributed by atoms with Gasteiger partial charge in [0.1, 0.15) is 0 Å². The number of likely N-dealkylation sites (N-methyl/N-ethyl adjacent to an activating group) is 1. The number of thiophene rings is 1. The maximum Gasteiger partial charge on any atom is 0.234 e. The van der Waals surface area contributed by atoms with E-state index in [1.165, 1.54) is 21.7 Å². The second-order valence-electron chi connectivity index (χ2n) is 6.55. The number of aryl methyl sites for hydroxylation is 1. The van der Waals surface area contributed by atoms with E-state index in [4.69, 9.17) is 0 Å². The molecule has 0 atom stereocenters. The van der Waals surface area contributed by atoms with Crippen LogP contribution in [-0.2, 0) is 17.8 Å². The van der Waals surface area contributed by atoms with Gasteiger partial charge in [-0.15, -0.1) is 11.3 Å². The lowest BCUT2D eigenvalue weighted by Gasteiger charge is -2.27. The van der Waals surface area contributed by atoms with Crippen LogP contribution in [0.5, 0.6) is 0 Å². The Balaban J connectivity index is 1.44.